The van der Waals surface area contributed by atoms with Crippen molar-refractivity contribution in [2.45, 2.75) is 40.0 Å². The van der Waals surface area contributed by atoms with E-state index in [1.54, 1.807) is 0 Å². The van der Waals surface area contributed by atoms with Gasteiger partial charge < -0.3 is 0 Å². The Labute approximate surface area is 86.9 Å². The number of nitrogens with zero attached hydrogens (tertiary/aromatic N) is 1. The van der Waals surface area contributed by atoms with Crippen LogP contribution in [0.4, 0.5) is 5.69 Å². The molecular formula is C13H19N. The van der Waals surface area contributed by atoms with Gasteiger partial charge >= 0.3 is 0 Å². The molecule has 0 saturated heterocycles. The minimum atomic E-state index is 0.226. The second kappa shape index (κ2) is 3.95. The molecule has 0 atom stereocenters. The van der Waals surface area contributed by atoms with Crippen molar-refractivity contribution >= 4 is 11.4 Å². The molecule has 1 heteroatoms. The molecule has 1 nitrogen and oxygen atoms in total. The van der Waals surface area contributed by atoms with Gasteiger partial charge in [-0.1, -0.05) is 32.9 Å². The third kappa shape index (κ3) is 2.99. The molecule has 0 spiro atoms. The molecule has 0 aliphatic carbocycles. The Morgan fingerprint density at radius 1 is 1.00 bits per heavy atom. The maximum atomic E-state index is 4.40. The van der Waals surface area contributed by atoms with E-state index >= 15 is 0 Å². The fraction of sp³-hybridized carbons (Fsp3) is 0.462. The highest BCUT2D eigenvalue weighted by Crippen LogP contribution is 2.24. The van der Waals surface area contributed by atoms with Crippen molar-refractivity contribution in [1.82, 2.24) is 0 Å². The van der Waals surface area contributed by atoms with Gasteiger partial charge in [-0.3, -0.25) is 4.99 Å². The normalized spacial score (nSPS) is 11.2. The predicted molar refractivity (Wildman–Crippen MR) is 63.6 cm³/mol. The second-order valence-electron chi connectivity index (χ2n) is 4.86. The summed E-state index contributed by atoms with van der Waals surface area (Å²) in [5, 5.41) is 0. The summed E-state index contributed by atoms with van der Waals surface area (Å²) in [7, 11) is 0. The summed E-state index contributed by atoms with van der Waals surface area (Å²) >= 11 is 0. The summed E-state index contributed by atoms with van der Waals surface area (Å²) in [5.41, 5.74) is 3.71. The molecule has 0 unspecified atom stereocenters. The highest BCUT2D eigenvalue weighted by atomic mass is 14.7. The highest BCUT2D eigenvalue weighted by molar-refractivity contribution is 5.82. The first-order valence-electron chi connectivity index (χ1n) is 5.02. The molecule has 0 radical (unpaired) electrons. The molecule has 0 heterocycles. The van der Waals surface area contributed by atoms with Crippen LogP contribution in [-0.2, 0) is 5.41 Å². The van der Waals surface area contributed by atoms with Crippen LogP contribution in [0.15, 0.2) is 29.3 Å². The maximum Gasteiger partial charge on any atom is 0.0628 e. The molecule has 0 amide bonds. The Morgan fingerprint density at radius 2 is 1.50 bits per heavy atom. The zero-order valence-corrected chi connectivity index (χ0v) is 9.76. The molecule has 0 bridgehead atoms. The van der Waals surface area contributed by atoms with Gasteiger partial charge in [0.1, 0.15) is 0 Å². The van der Waals surface area contributed by atoms with Gasteiger partial charge in [0.05, 0.1) is 5.69 Å². The molecule has 0 aromatic heterocycles. The Hall–Kier alpha value is -1.11. The number of rotatable bonds is 1. The summed E-state index contributed by atoms with van der Waals surface area (Å²) in [6, 6.07) is 8.46. The SMILES string of the molecule is CC(C)=Nc1ccc(C(C)(C)C)cc1. The predicted octanol–water partition coefficient (Wildman–Crippen LogP) is 4.10. The van der Waals surface area contributed by atoms with Crippen LogP contribution >= 0.6 is 0 Å². The lowest BCUT2D eigenvalue weighted by atomic mass is 9.87. The number of aliphatic imine (C=N–C) groups is 1. The summed E-state index contributed by atoms with van der Waals surface area (Å²) in [5.74, 6) is 0. The van der Waals surface area contributed by atoms with Gasteiger partial charge in [-0.05, 0) is 37.0 Å². The van der Waals surface area contributed by atoms with Crippen LogP contribution in [0.5, 0.6) is 0 Å². The van der Waals surface area contributed by atoms with Gasteiger partial charge in [-0.25, -0.2) is 0 Å². The molecule has 0 aliphatic heterocycles. The standard InChI is InChI=1S/C13H19N/c1-10(2)14-12-8-6-11(7-9-12)13(3,4)5/h6-9H,1-5H3. The average Bonchev–Trinajstić information content (AvgIpc) is 2.02. The molecule has 0 aliphatic rings. The van der Waals surface area contributed by atoms with Gasteiger partial charge in [-0.15, -0.1) is 0 Å². The van der Waals surface area contributed by atoms with E-state index in [9.17, 15) is 0 Å². The molecular weight excluding hydrogens is 170 g/mol. The Balaban J connectivity index is 2.95. The monoisotopic (exact) mass is 189 g/mol. The fourth-order valence-electron chi connectivity index (χ4n) is 1.29. The largest absolute Gasteiger partial charge is 0.258 e. The van der Waals surface area contributed by atoms with Crippen molar-refractivity contribution in [1.29, 1.82) is 0 Å². The molecule has 0 fully saturated rings. The first-order chi connectivity index (χ1) is 6.39. The van der Waals surface area contributed by atoms with Crippen LogP contribution < -0.4 is 0 Å². The van der Waals surface area contributed by atoms with Crippen LogP contribution in [0, 0.1) is 0 Å². The lowest BCUT2D eigenvalue weighted by Gasteiger charge is -2.18. The van der Waals surface area contributed by atoms with E-state index < -0.39 is 0 Å². The molecule has 1 rings (SSSR count). The van der Waals surface area contributed by atoms with Crippen molar-refractivity contribution in [3.05, 3.63) is 29.8 Å². The summed E-state index contributed by atoms with van der Waals surface area (Å²) in [6.07, 6.45) is 0. The van der Waals surface area contributed by atoms with Gasteiger partial charge in [0.25, 0.3) is 0 Å². The van der Waals surface area contributed by atoms with Crippen LogP contribution in [0.2, 0.25) is 0 Å². The Morgan fingerprint density at radius 3 is 1.86 bits per heavy atom. The Kier molecular flexibility index (Phi) is 3.10. The van der Waals surface area contributed by atoms with E-state index in [-0.39, 0.29) is 5.41 Å². The van der Waals surface area contributed by atoms with E-state index in [1.165, 1.54) is 5.56 Å². The topological polar surface area (TPSA) is 12.4 Å². The van der Waals surface area contributed by atoms with E-state index in [4.69, 9.17) is 0 Å². The molecule has 0 saturated carbocycles. The lowest BCUT2D eigenvalue weighted by molar-refractivity contribution is 0.590. The zero-order chi connectivity index (χ0) is 10.8. The van der Waals surface area contributed by atoms with E-state index in [0.29, 0.717) is 0 Å². The molecule has 14 heavy (non-hydrogen) atoms. The Bertz CT molecular complexity index is 321. The van der Waals surface area contributed by atoms with Crippen molar-refractivity contribution in [2.24, 2.45) is 4.99 Å². The maximum absolute atomic E-state index is 4.40. The van der Waals surface area contributed by atoms with Gasteiger partial charge in [0.15, 0.2) is 0 Å². The number of hydrogen-bond acceptors (Lipinski definition) is 1. The van der Waals surface area contributed by atoms with Crippen molar-refractivity contribution in [3.63, 3.8) is 0 Å². The van der Waals surface area contributed by atoms with Crippen molar-refractivity contribution in [3.8, 4) is 0 Å². The van der Waals surface area contributed by atoms with E-state index in [1.807, 2.05) is 13.8 Å². The third-order valence-electron chi connectivity index (χ3n) is 2.09. The third-order valence-corrected chi connectivity index (χ3v) is 2.09. The van der Waals surface area contributed by atoms with Gasteiger partial charge in [-0.2, -0.15) is 0 Å². The molecule has 1 aromatic rings. The van der Waals surface area contributed by atoms with E-state index in [2.05, 4.69) is 50.0 Å². The first kappa shape index (κ1) is 11.0. The van der Waals surface area contributed by atoms with Crippen LogP contribution in [-0.4, -0.2) is 5.71 Å². The number of hydrogen-bond donors (Lipinski definition) is 0. The minimum absolute atomic E-state index is 0.226. The second-order valence-corrected chi connectivity index (χ2v) is 4.86. The van der Waals surface area contributed by atoms with E-state index in [0.717, 1.165) is 11.4 Å². The molecule has 1 aromatic carbocycles. The van der Waals surface area contributed by atoms with Crippen LogP contribution in [0.3, 0.4) is 0 Å². The quantitative estimate of drug-likeness (QED) is 0.590. The van der Waals surface area contributed by atoms with Gasteiger partial charge in [0, 0.05) is 5.71 Å². The van der Waals surface area contributed by atoms with Gasteiger partial charge in [0.2, 0.25) is 0 Å². The average molecular weight is 189 g/mol. The van der Waals surface area contributed by atoms with Crippen molar-refractivity contribution in [2.75, 3.05) is 0 Å². The summed E-state index contributed by atoms with van der Waals surface area (Å²) in [4.78, 5) is 4.40. The summed E-state index contributed by atoms with van der Waals surface area (Å²) < 4.78 is 0. The highest BCUT2D eigenvalue weighted by Gasteiger charge is 2.12. The molecule has 76 valence electrons. The minimum Gasteiger partial charge on any atom is -0.258 e. The zero-order valence-electron chi connectivity index (χ0n) is 9.76. The smallest absolute Gasteiger partial charge is 0.0628 e. The fourth-order valence-corrected chi connectivity index (χ4v) is 1.29. The van der Waals surface area contributed by atoms with Crippen LogP contribution in [0.1, 0.15) is 40.2 Å². The lowest BCUT2D eigenvalue weighted by Crippen LogP contribution is -2.10. The van der Waals surface area contributed by atoms with Crippen molar-refractivity contribution < 1.29 is 0 Å². The first-order valence-corrected chi connectivity index (χ1v) is 5.02. The molecule has 0 N–H and O–H groups in total. The number of benzene rings is 1. The summed E-state index contributed by atoms with van der Waals surface area (Å²) in [6.45, 7) is 10.7. The van der Waals surface area contributed by atoms with Crippen LogP contribution in [0.25, 0.3) is 0 Å².